The normalized spacial score (nSPS) is 16.1. The molecule has 0 aliphatic carbocycles. The molecule has 1 atom stereocenters. The predicted octanol–water partition coefficient (Wildman–Crippen LogP) is 1.95. The third-order valence-corrected chi connectivity index (χ3v) is 7.46. The van der Waals surface area contributed by atoms with E-state index in [1.54, 1.807) is 43.4 Å². The number of rotatable bonds is 4. The molecular weight excluding hydrogens is 482 g/mol. The Kier molecular flexibility index (Phi) is 5.83. The number of aromatic nitrogens is 5. The first-order valence-corrected chi connectivity index (χ1v) is 12.9. The van der Waals surface area contributed by atoms with E-state index in [-0.39, 0.29) is 18.0 Å². The first-order valence-electron chi connectivity index (χ1n) is 12.9. The fourth-order valence-electron chi connectivity index (χ4n) is 5.55. The Hall–Kier alpha value is -4.31. The van der Waals surface area contributed by atoms with Gasteiger partial charge >= 0.3 is 5.69 Å². The van der Waals surface area contributed by atoms with Crippen molar-refractivity contribution >= 4 is 38.8 Å². The number of aryl methyl sites for hydroxylation is 2. The van der Waals surface area contributed by atoms with Crippen LogP contribution in [0.4, 0.5) is 5.95 Å². The van der Waals surface area contributed by atoms with Gasteiger partial charge in [0.25, 0.3) is 5.56 Å². The van der Waals surface area contributed by atoms with E-state index in [0.29, 0.717) is 57.6 Å². The largest absolute Gasteiger partial charge is 0.341 e. The number of hydrogen-bond acceptors (Lipinski definition) is 7. The molecule has 1 unspecified atom stereocenters. The molecule has 2 N–H and O–H groups in total. The van der Waals surface area contributed by atoms with Crippen LogP contribution in [0.25, 0.3) is 32.8 Å². The van der Waals surface area contributed by atoms with Crippen LogP contribution >= 0.6 is 0 Å². The van der Waals surface area contributed by atoms with Gasteiger partial charge in [0.05, 0.1) is 17.8 Å². The van der Waals surface area contributed by atoms with Crippen molar-refractivity contribution in [1.29, 1.82) is 0 Å². The molecule has 10 nitrogen and oxygen atoms in total. The van der Waals surface area contributed by atoms with Crippen molar-refractivity contribution in [2.45, 2.75) is 38.9 Å². The van der Waals surface area contributed by atoms with Crippen LogP contribution in [0.15, 0.2) is 62.9 Å². The standard InChI is InChI=1S/C28H29N7O3/c1-3-34-23-25(31-27(34)33-14-8-9-17(29)15-33)32(2)28(38)35(26(23)37)16-22-18-10-4-5-11-19(18)24(36)20-12-6-7-13-21(20)30-22/h4-7,10-13,17H,3,8-9,14-16,29H2,1-2H3. The first-order chi connectivity index (χ1) is 18.4. The zero-order valence-corrected chi connectivity index (χ0v) is 21.4. The molecule has 4 heterocycles. The molecule has 1 fully saturated rings. The molecule has 0 spiro atoms. The van der Waals surface area contributed by atoms with E-state index >= 15 is 0 Å². The van der Waals surface area contributed by atoms with Gasteiger partial charge in [-0.1, -0.05) is 36.4 Å². The molecule has 0 saturated carbocycles. The minimum Gasteiger partial charge on any atom is -0.341 e. The number of piperidine rings is 1. The van der Waals surface area contributed by atoms with Crippen molar-refractivity contribution in [1.82, 2.24) is 23.7 Å². The molecule has 5 aromatic rings. The summed E-state index contributed by atoms with van der Waals surface area (Å²) in [6.45, 7) is 3.82. The lowest BCUT2D eigenvalue weighted by molar-refractivity contribution is 0.494. The Bertz CT molecular complexity index is 1900. The summed E-state index contributed by atoms with van der Waals surface area (Å²) in [7, 11) is 1.63. The zero-order valence-electron chi connectivity index (χ0n) is 21.4. The summed E-state index contributed by atoms with van der Waals surface area (Å²) in [5.41, 5.74) is 6.84. The van der Waals surface area contributed by atoms with Crippen LogP contribution in [-0.4, -0.2) is 42.8 Å². The number of fused-ring (bicyclic) bond motifs is 3. The number of hydrogen-bond donors (Lipinski definition) is 1. The van der Waals surface area contributed by atoms with Gasteiger partial charge < -0.3 is 15.2 Å². The molecule has 1 aliphatic rings. The second-order valence-electron chi connectivity index (χ2n) is 9.86. The smallest absolute Gasteiger partial charge is 0.332 e. The summed E-state index contributed by atoms with van der Waals surface area (Å²) < 4.78 is 4.47. The lowest BCUT2D eigenvalue weighted by atomic mass is 10.1. The minimum absolute atomic E-state index is 0.0354. The highest BCUT2D eigenvalue weighted by Crippen LogP contribution is 2.23. The SMILES string of the molecule is CCn1c(N2CCCC(N)C2)nc2c1c(=O)n(Cc1nc3ccccc3c(=O)c3ccccc13)c(=O)n2C. The summed E-state index contributed by atoms with van der Waals surface area (Å²) in [4.78, 5) is 52.4. The van der Waals surface area contributed by atoms with Crippen LogP contribution in [-0.2, 0) is 20.1 Å². The van der Waals surface area contributed by atoms with Crippen molar-refractivity contribution in [3.05, 3.63) is 85.3 Å². The van der Waals surface area contributed by atoms with E-state index in [9.17, 15) is 14.4 Å². The second kappa shape index (κ2) is 9.21. The van der Waals surface area contributed by atoms with Gasteiger partial charge in [-0.2, -0.15) is 4.98 Å². The van der Waals surface area contributed by atoms with Crippen molar-refractivity contribution in [3.63, 3.8) is 0 Å². The fraction of sp³-hybridized carbons (Fsp3) is 0.321. The molecule has 0 bridgehead atoms. The Balaban J connectivity index is 1.60. The molecule has 1 aliphatic heterocycles. The van der Waals surface area contributed by atoms with Crippen molar-refractivity contribution in [2.75, 3.05) is 18.0 Å². The predicted molar refractivity (Wildman–Crippen MR) is 149 cm³/mol. The molecule has 3 aromatic heterocycles. The Morgan fingerprint density at radius 2 is 1.66 bits per heavy atom. The van der Waals surface area contributed by atoms with Crippen LogP contribution in [0.1, 0.15) is 25.5 Å². The van der Waals surface area contributed by atoms with E-state index in [1.807, 2.05) is 23.6 Å². The number of anilines is 1. The molecule has 194 valence electrons. The van der Waals surface area contributed by atoms with Crippen LogP contribution in [0.3, 0.4) is 0 Å². The second-order valence-corrected chi connectivity index (χ2v) is 9.86. The zero-order chi connectivity index (χ0) is 26.6. The molecule has 38 heavy (non-hydrogen) atoms. The van der Waals surface area contributed by atoms with Crippen molar-refractivity contribution in [3.8, 4) is 0 Å². The summed E-state index contributed by atoms with van der Waals surface area (Å²) in [6, 6.07) is 14.3. The molecule has 2 aromatic carbocycles. The highest BCUT2D eigenvalue weighted by molar-refractivity contribution is 5.92. The van der Waals surface area contributed by atoms with Gasteiger partial charge in [0.15, 0.2) is 16.6 Å². The summed E-state index contributed by atoms with van der Waals surface area (Å²) >= 11 is 0. The topological polar surface area (TPSA) is 121 Å². The summed E-state index contributed by atoms with van der Waals surface area (Å²) in [6.07, 6.45) is 1.89. The maximum Gasteiger partial charge on any atom is 0.332 e. The van der Waals surface area contributed by atoms with Crippen LogP contribution in [0.2, 0.25) is 0 Å². The number of benzene rings is 2. The van der Waals surface area contributed by atoms with Gasteiger partial charge in [0.1, 0.15) is 0 Å². The monoisotopic (exact) mass is 511 g/mol. The van der Waals surface area contributed by atoms with Crippen molar-refractivity contribution < 1.29 is 0 Å². The number of nitrogens with zero attached hydrogens (tertiary/aromatic N) is 6. The highest BCUT2D eigenvalue weighted by Gasteiger charge is 2.26. The summed E-state index contributed by atoms with van der Waals surface area (Å²) in [5, 5.41) is 1.58. The maximum atomic E-state index is 13.9. The number of para-hydroxylation sites is 1. The number of nitrogens with two attached hydrogens (primary N) is 1. The lowest BCUT2D eigenvalue weighted by Crippen LogP contribution is -2.44. The maximum absolute atomic E-state index is 13.9. The Morgan fingerprint density at radius 3 is 2.39 bits per heavy atom. The van der Waals surface area contributed by atoms with Crippen LogP contribution in [0.5, 0.6) is 0 Å². The van der Waals surface area contributed by atoms with E-state index in [1.165, 1.54) is 9.13 Å². The third-order valence-electron chi connectivity index (χ3n) is 7.46. The van der Waals surface area contributed by atoms with E-state index in [0.717, 1.165) is 19.4 Å². The number of imidazole rings is 1. The average Bonchev–Trinajstić information content (AvgIpc) is 3.28. The highest BCUT2D eigenvalue weighted by atomic mass is 16.2. The van der Waals surface area contributed by atoms with E-state index in [2.05, 4.69) is 4.90 Å². The average molecular weight is 512 g/mol. The Labute approximate surface area is 217 Å². The molecule has 1 saturated heterocycles. The lowest BCUT2D eigenvalue weighted by Gasteiger charge is -2.31. The van der Waals surface area contributed by atoms with Gasteiger partial charge in [-0.05, 0) is 31.9 Å². The van der Waals surface area contributed by atoms with Gasteiger partial charge in [0, 0.05) is 48.9 Å². The molecule has 0 radical (unpaired) electrons. The quantitative estimate of drug-likeness (QED) is 0.391. The molecular formula is C28H29N7O3. The molecule has 0 amide bonds. The first kappa shape index (κ1) is 24.1. The Morgan fingerprint density at radius 1 is 0.947 bits per heavy atom. The van der Waals surface area contributed by atoms with Crippen molar-refractivity contribution in [2.24, 2.45) is 12.8 Å². The molecule has 10 heteroatoms. The fourth-order valence-corrected chi connectivity index (χ4v) is 5.55. The third kappa shape index (κ3) is 3.71. The van der Waals surface area contributed by atoms with Crippen LogP contribution in [0, 0.1) is 0 Å². The minimum atomic E-state index is -0.491. The van der Waals surface area contributed by atoms with Gasteiger partial charge in [0.2, 0.25) is 5.95 Å². The van der Waals surface area contributed by atoms with Crippen LogP contribution < -0.4 is 27.3 Å². The van der Waals surface area contributed by atoms with Gasteiger partial charge in [-0.25, -0.2) is 4.79 Å². The summed E-state index contributed by atoms with van der Waals surface area (Å²) in [5.74, 6) is 0.652. The van der Waals surface area contributed by atoms with Gasteiger partial charge in [-0.15, -0.1) is 0 Å². The van der Waals surface area contributed by atoms with E-state index < -0.39 is 11.2 Å². The van der Waals surface area contributed by atoms with E-state index in [4.69, 9.17) is 15.7 Å². The molecule has 6 rings (SSSR count). The van der Waals surface area contributed by atoms with Gasteiger partial charge in [-0.3, -0.25) is 23.7 Å².